The Morgan fingerprint density at radius 2 is 0.889 bits per heavy atom. The molecule has 1 heterocycles. The van der Waals surface area contributed by atoms with Gasteiger partial charge in [-0.05, 0) is 104 Å². The molecule has 0 unspecified atom stereocenters. The molecule has 2 heteroatoms. The van der Waals surface area contributed by atoms with Crippen LogP contribution in [-0.2, 0) is 0 Å². The van der Waals surface area contributed by atoms with Crippen LogP contribution in [0.3, 0.4) is 0 Å². The second-order valence-corrected chi connectivity index (χ2v) is 13.7. The van der Waals surface area contributed by atoms with Gasteiger partial charge in [0.2, 0.25) is 0 Å². The third kappa shape index (κ3) is 5.71. The van der Waals surface area contributed by atoms with Crippen LogP contribution in [0.25, 0.3) is 77.2 Å². The molecule has 0 atom stereocenters. The van der Waals surface area contributed by atoms with E-state index in [0.717, 1.165) is 44.6 Å². The van der Waals surface area contributed by atoms with Gasteiger partial charge in [0, 0.05) is 27.7 Å². The van der Waals surface area contributed by atoms with E-state index in [0.29, 0.717) is 0 Å². The first-order valence-electron chi connectivity index (χ1n) is 18.4. The quantitative estimate of drug-likeness (QED) is 0.166. The number of hydrogen-bond donors (Lipinski definition) is 0. The predicted octanol–water partition coefficient (Wildman–Crippen LogP) is 14.9. The van der Waals surface area contributed by atoms with E-state index < -0.39 is 0 Å². The number of fused-ring (bicyclic) bond motifs is 4. The van der Waals surface area contributed by atoms with Gasteiger partial charge in [0.05, 0.1) is 5.69 Å². The monoisotopic (exact) mass is 689 g/mol. The van der Waals surface area contributed by atoms with Crippen LogP contribution in [0.4, 0.5) is 17.1 Å². The Labute approximate surface area is 314 Å². The minimum Gasteiger partial charge on any atom is -0.456 e. The average molecular weight is 690 g/mol. The summed E-state index contributed by atoms with van der Waals surface area (Å²) in [6.07, 6.45) is 0. The largest absolute Gasteiger partial charge is 0.456 e. The first kappa shape index (κ1) is 31.6. The minimum atomic E-state index is 0.879. The topological polar surface area (TPSA) is 16.4 Å². The third-order valence-electron chi connectivity index (χ3n) is 10.5. The summed E-state index contributed by atoms with van der Waals surface area (Å²) in [6.45, 7) is 0. The third-order valence-corrected chi connectivity index (χ3v) is 10.5. The zero-order chi connectivity index (χ0) is 35.8. The molecule has 0 spiro atoms. The molecule has 0 radical (unpaired) electrons. The average Bonchev–Trinajstić information content (AvgIpc) is 3.62. The molecule has 0 aliphatic rings. The van der Waals surface area contributed by atoms with Gasteiger partial charge in [0.15, 0.2) is 0 Å². The van der Waals surface area contributed by atoms with Gasteiger partial charge in [-0.25, -0.2) is 0 Å². The number of nitrogens with zero attached hydrogens (tertiary/aromatic N) is 1. The van der Waals surface area contributed by atoms with Crippen molar-refractivity contribution in [1.82, 2.24) is 0 Å². The minimum absolute atomic E-state index is 0.879. The number of anilines is 3. The summed E-state index contributed by atoms with van der Waals surface area (Å²) in [5, 5.41) is 4.71. The zero-order valence-electron chi connectivity index (χ0n) is 29.6. The van der Waals surface area contributed by atoms with E-state index in [4.69, 9.17) is 4.42 Å². The van der Waals surface area contributed by atoms with Gasteiger partial charge in [-0.2, -0.15) is 0 Å². The lowest BCUT2D eigenvalue weighted by molar-refractivity contribution is 0.669. The van der Waals surface area contributed by atoms with Crippen LogP contribution in [0.5, 0.6) is 0 Å². The maximum atomic E-state index is 6.27. The van der Waals surface area contributed by atoms with Gasteiger partial charge in [0.1, 0.15) is 11.2 Å². The fourth-order valence-corrected chi connectivity index (χ4v) is 7.81. The molecule has 0 N–H and O–H groups in total. The first-order chi connectivity index (χ1) is 26.8. The van der Waals surface area contributed by atoms with Gasteiger partial charge >= 0.3 is 0 Å². The Bertz CT molecular complexity index is 2940. The van der Waals surface area contributed by atoms with E-state index in [2.05, 4.69) is 205 Å². The van der Waals surface area contributed by atoms with E-state index >= 15 is 0 Å². The van der Waals surface area contributed by atoms with Crippen molar-refractivity contribution in [2.45, 2.75) is 0 Å². The molecular formula is C52H35NO. The standard InChI is InChI=1S/C52H35NO/c1-2-14-38(15-3-1)45-19-6-7-20-46(45)47-21-8-10-23-50(47)53(44-31-32-52-49(35-44)48-22-9-11-24-51(48)54-52)43-29-27-37(28-30-43)40-17-12-18-41(33-40)42-26-25-36-13-4-5-16-39(36)34-42/h1-35H. The molecule has 1 aromatic heterocycles. The molecule has 0 bridgehead atoms. The lowest BCUT2D eigenvalue weighted by atomic mass is 9.93. The van der Waals surface area contributed by atoms with E-state index in [-0.39, 0.29) is 0 Å². The molecule has 10 aromatic rings. The van der Waals surface area contributed by atoms with Gasteiger partial charge in [-0.1, -0.05) is 158 Å². The molecule has 0 aliphatic carbocycles. The molecule has 0 aliphatic heterocycles. The first-order valence-corrected chi connectivity index (χ1v) is 18.4. The van der Waals surface area contributed by atoms with Crippen molar-refractivity contribution in [3.05, 3.63) is 212 Å². The van der Waals surface area contributed by atoms with Crippen molar-refractivity contribution in [3.8, 4) is 44.5 Å². The Balaban J connectivity index is 1.11. The normalized spacial score (nSPS) is 11.3. The SMILES string of the molecule is c1ccc(-c2ccccc2-c2ccccc2N(c2ccc(-c3cccc(-c4ccc5ccccc5c4)c3)cc2)c2ccc3oc4ccccc4c3c2)cc1. The zero-order valence-corrected chi connectivity index (χ0v) is 29.6. The highest BCUT2D eigenvalue weighted by atomic mass is 16.3. The summed E-state index contributed by atoms with van der Waals surface area (Å²) < 4.78 is 6.27. The van der Waals surface area contributed by atoms with Crippen LogP contribution in [0.2, 0.25) is 0 Å². The lowest BCUT2D eigenvalue weighted by Gasteiger charge is -2.28. The van der Waals surface area contributed by atoms with Crippen molar-refractivity contribution in [1.29, 1.82) is 0 Å². The number of rotatable bonds is 7. The van der Waals surface area contributed by atoms with E-state index in [9.17, 15) is 0 Å². The predicted molar refractivity (Wildman–Crippen MR) is 228 cm³/mol. The van der Waals surface area contributed by atoms with Crippen LogP contribution in [-0.4, -0.2) is 0 Å². The highest BCUT2D eigenvalue weighted by Crippen LogP contribution is 2.45. The van der Waals surface area contributed by atoms with Crippen molar-refractivity contribution in [2.24, 2.45) is 0 Å². The Morgan fingerprint density at radius 1 is 0.296 bits per heavy atom. The highest BCUT2D eigenvalue weighted by molar-refractivity contribution is 6.07. The number of hydrogen-bond acceptors (Lipinski definition) is 2. The fourth-order valence-electron chi connectivity index (χ4n) is 7.81. The highest BCUT2D eigenvalue weighted by Gasteiger charge is 2.20. The van der Waals surface area contributed by atoms with Crippen molar-refractivity contribution in [2.75, 3.05) is 4.90 Å². The van der Waals surface area contributed by atoms with Crippen LogP contribution < -0.4 is 4.90 Å². The summed E-state index contributed by atoms with van der Waals surface area (Å²) in [4.78, 5) is 2.38. The number of benzene rings is 9. The smallest absolute Gasteiger partial charge is 0.135 e. The van der Waals surface area contributed by atoms with Crippen molar-refractivity contribution in [3.63, 3.8) is 0 Å². The molecule has 9 aromatic carbocycles. The second-order valence-electron chi connectivity index (χ2n) is 13.7. The number of para-hydroxylation sites is 2. The fraction of sp³-hybridized carbons (Fsp3) is 0. The molecule has 2 nitrogen and oxygen atoms in total. The summed E-state index contributed by atoms with van der Waals surface area (Å²) in [5.74, 6) is 0. The molecular weight excluding hydrogens is 655 g/mol. The summed E-state index contributed by atoms with van der Waals surface area (Å²) in [5.41, 5.74) is 14.5. The summed E-state index contributed by atoms with van der Waals surface area (Å²) in [7, 11) is 0. The van der Waals surface area contributed by atoms with Crippen LogP contribution >= 0.6 is 0 Å². The maximum absolute atomic E-state index is 6.27. The Morgan fingerprint density at radius 3 is 1.74 bits per heavy atom. The van der Waals surface area contributed by atoms with Crippen molar-refractivity contribution < 1.29 is 4.42 Å². The van der Waals surface area contributed by atoms with Gasteiger partial charge < -0.3 is 9.32 Å². The summed E-state index contributed by atoms with van der Waals surface area (Å²) >= 11 is 0. The van der Waals surface area contributed by atoms with Crippen LogP contribution in [0, 0.1) is 0 Å². The molecule has 254 valence electrons. The lowest BCUT2D eigenvalue weighted by Crippen LogP contribution is -2.11. The van der Waals surface area contributed by atoms with Crippen LogP contribution in [0.1, 0.15) is 0 Å². The van der Waals surface area contributed by atoms with Crippen LogP contribution in [0.15, 0.2) is 217 Å². The number of furan rings is 1. The molecule has 54 heavy (non-hydrogen) atoms. The van der Waals surface area contributed by atoms with Gasteiger partial charge in [0.25, 0.3) is 0 Å². The summed E-state index contributed by atoms with van der Waals surface area (Å²) in [6, 6.07) is 76.0. The Hall–Kier alpha value is -7.16. The van der Waals surface area contributed by atoms with E-state index in [1.54, 1.807) is 0 Å². The maximum Gasteiger partial charge on any atom is 0.135 e. The molecule has 0 amide bonds. The molecule has 0 saturated heterocycles. The van der Waals surface area contributed by atoms with Crippen molar-refractivity contribution >= 4 is 49.8 Å². The van der Waals surface area contributed by atoms with E-state index in [1.165, 1.54) is 49.7 Å². The Kier molecular flexibility index (Phi) is 7.85. The van der Waals surface area contributed by atoms with Gasteiger partial charge in [-0.3, -0.25) is 0 Å². The van der Waals surface area contributed by atoms with Gasteiger partial charge in [-0.15, -0.1) is 0 Å². The van der Waals surface area contributed by atoms with E-state index in [1.807, 2.05) is 12.1 Å². The molecule has 10 rings (SSSR count). The molecule has 0 saturated carbocycles. The molecule has 0 fully saturated rings. The second kappa shape index (κ2) is 13.4.